The van der Waals surface area contributed by atoms with Gasteiger partial charge in [0.05, 0.1) is 22.6 Å². The van der Waals surface area contributed by atoms with Crippen LogP contribution >= 0.6 is 12.4 Å². The summed E-state index contributed by atoms with van der Waals surface area (Å²) in [6.07, 6.45) is -1.80. The van der Waals surface area contributed by atoms with E-state index >= 15 is 0 Å². The molecule has 0 spiro atoms. The summed E-state index contributed by atoms with van der Waals surface area (Å²) in [5, 5.41) is 13.6. The third-order valence-electron chi connectivity index (χ3n) is 3.78. The standard InChI is InChI=1S/C15H13F3N4O3.ClH/c16-15(17,18)8-3-9-10(20-12(14(24)25)13(23)21-9)4-11(8)22-2-1-7(5-19)6-22;/h1-4,6,12,20H,5,19H2,(H,21,23)(H,24,25);1H. The second-order valence-electron chi connectivity index (χ2n) is 5.45. The van der Waals surface area contributed by atoms with Crippen LogP contribution in [0, 0.1) is 0 Å². The predicted molar refractivity (Wildman–Crippen MR) is 89.6 cm³/mol. The van der Waals surface area contributed by atoms with Gasteiger partial charge in [-0.2, -0.15) is 13.2 Å². The number of nitrogens with two attached hydrogens (primary N) is 1. The van der Waals surface area contributed by atoms with E-state index in [2.05, 4.69) is 10.6 Å². The van der Waals surface area contributed by atoms with Crippen LogP contribution in [0.5, 0.6) is 0 Å². The Bertz CT molecular complexity index is 866. The quantitative estimate of drug-likeness (QED) is 0.601. The number of carbonyl (C=O) groups is 2. The van der Waals surface area contributed by atoms with E-state index in [-0.39, 0.29) is 36.0 Å². The fraction of sp³-hybridized carbons (Fsp3) is 0.200. The molecule has 1 aliphatic heterocycles. The van der Waals surface area contributed by atoms with Gasteiger partial charge in [0.15, 0.2) is 0 Å². The first-order chi connectivity index (χ1) is 11.7. The maximum absolute atomic E-state index is 13.4. The van der Waals surface area contributed by atoms with Gasteiger partial charge in [0, 0.05) is 18.9 Å². The van der Waals surface area contributed by atoms with Crippen LogP contribution in [-0.4, -0.2) is 27.6 Å². The molecule has 26 heavy (non-hydrogen) atoms. The highest BCUT2D eigenvalue weighted by Gasteiger charge is 2.38. The lowest BCUT2D eigenvalue weighted by atomic mass is 10.1. The number of aliphatic carboxylic acids is 1. The fourth-order valence-electron chi connectivity index (χ4n) is 2.56. The molecule has 2 aromatic rings. The SMILES string of the molecule is Cl.NCc1ccn(-c2cc3c(cc2C(F)(F)F)NC(=O)C(C(=O)O)N3)c1. The summed E-state index contributed by atoms with van der Waals surface area (Å²) in [7, 11) is 0. The molecule has 0 saturated heterocycles. The van der Waals surface area contributed by atoms with Crippen LogP contribution in [0.3, 0.4) is 0 Å². The van der Waals surface area contributed by atoms with Crippen molar-refractivity contribution in [1.82, 2.24) is 4.57 Å². The van der Waals surface area contributed by atoms with E-state index in [1.807, 2.05) is 0 Å². The lowest BCUT2D eigenvalue weighted by Gasteiger charge is -2.26. The zero-order valence-electron chi connectivity index (χ0n) is 13.0. The van der Waals surface area contributed by atoms with Crippen LogP contribution in [-0.2, 0) is 22.3 Å². The van der Waals surface area contributed by atoms with Crippen molar-refractivity contribution in [2.24, 2.45) is 5.73 Å². The van der Waals surface area contributed by atoms with Gasteiger partial charge in [0.25, 0.3) is 5.91 Å². The lowest BCUT2D eigenvalue weighted by Crippen LogP contribution is -2.44. The minimum Gasteiger partial charge on any atom is -0.479 e. The van der Waals surface area contributed by atoms with Crippen LogP contribution in [0.4, 0.5) is 24.5 Å². The van der Waals surface area contributed by atoms with Crippen LogP contribution in [0.2, 0.25) is 0 Å². The highest BCUT2D eigenvalue weighted by Crippen LogP contribution is 2.40. The molecule has 0 fully saturated rings. The van der Waals surface area contributed by atoms with E-state index in [1.165, 1.54) is 17.0 Å². The van der Waals surface area contributed by atoms with Gasteiger partial charge in [-0.05, 0) is 23.8 Å². The topological polar surface area (TPSA) is 109 Å². The van der Waals surface area contributed by atoms with Gasteiger partial charge in [-0.25, -0.2) is 4.79 Å². The van der Waals surface area contributed by atoms with Gasteiger partial charge in [-0.15, -0.1) is 12.4 Å². The highest BCUT2D eigenvalue weighted by molar-refractivity contribution is 6.14. The number of amides is 1. The molecule has 1 aromatic heterocycles. The zero-order valence-corrected chi connectivity index (χ0v) is 13.8. The molecule has 5 N–H and O–H groups in total. The summed E-state index contributed by atoms with van der Waals surface area (Å²) in [6, 6.07) is 1.92. The monoisotopic (exact) mass is 390 g/mol. The largest absolute Gasteiger partial charge is 0.479 e. The molecule has 1 unspecified atom stereocenters. The van der Waals surface area contributed by atoms with E-state index in [4.69, 9.17) is 10.8 Å². The summed E-state index contributed by atoms with van der Waals surface area (Å²) in [6.45, 7) is 0.161. The molecule has 0 bridgehead atoms. The van der Waals surface area contributed by atoms with E-state index in [0.717, 1.165) is 12.1 Å². The van der Waals surface area contributed by atoms with Crippen LogP contribution in [0.25, 0.3) is 5.69 Å². The van der Waals surface area contributed by atoms with Gasteiger partial charge < -0.3 is 26.0 Å². The first-order valence-electron chi connectivity index (χ1n) is 7.13. The summed E-state index contributed by atoms with van der Waals surface area (Å²) < 4.78 is 41.5. The Labute approximate surface area is 151 Å². The molecule has 11 heteroatoms. The molecular formula is C15H14ClF3N4O3. The summed E-state index contributed by atoms with van der Waals surface area (Å²) in [5.74, 6) is -2.37. The second kappa shape index (κ2) is 6.89. The summed E-state index contributed by atoms with van der Waals surface area (Å²) in [4.78, 5) is 22.8. The molecule has 1 amide bonds. The third kappa shape index (κ3) is 3.46. The number of nitrogens with zero attached hydrogens (tertiary/aromatic N) is 1. The number of halogens is 4. The van der Waals surface area contributed by atoms with E-state index in [9.17, 15) is 22.8 Å². The van der Waals surface area contributed by atoms with E-state index in [0.29, 0.717) is 5.56 Å². The molecule has 0 saturated carbocycles. The normalized spacial score (nSPS) is 16.2. The van der Waals surface area contributed by atoms with Gasteiger partial charge in [-0.3, -0.25) is 4.79 Å². The van der Waals surface area contributed by atoms with Gasteiger partial charge in [0.1, 0.15) is 0 Å². The number of anilines is 2. The molecule has 2 heterocycles. The minimum absolute atomic E-state index is 0. The summed E-state index contributed by atoms with van der Waals surface area (Å²) in [5.41, 5.74) is 4.88. The first-order valence-corrected chi connectivity index (χ1v) is 7.13. The molecule has 140 valence electrons. The van der Waals surface area contributed by atoms with Crippen molar-refractivity contribution < 1.29 is 27.9 Å². The van der Waals surface area contributed by atoms with Crippen molar-refractivity contribution in [3.8, 4) is 5.69 Å². The number of nitrogens with one attached hydrogen (secondary N) is 2. The number of alkyl halides is 3. The fourth-order valence-corrected chi connectivity index (χ4v) is 2.56. The Morgan fingerprint density at radius 2 is 2.00 bits per heavy atom. The molecule has 0 radical (unpaired) electrons. The maximum Gasteiger partial charge on any atom is 0.418 e. The Kier molecular flexibility index (Phi) is 5.19. The molecule has 1 aliphatic rings. The van der Waals surface area contributed by atoms with E-state index in [1.54, 1.807) is 6.07 Å². The van der Waals surface area contributed by atoms with Gasteiger partial charge in [-0.1, -0.05) is 0 Å². The van der Waals surface area contributed by atoms with Crippen molar-refractivity contribution in [3.63, 3.8) is 0 Å². The van der Waals surface area contributed by atoms with Crippen molar-refractivity contribution in [3.05, 3.63) is 41.7 Å². The number of rotatable bonds is 3. The Hall–Kier alpha value is -2.72. The van der Waals surface area contributed by atoms with E-state index < -0.39 is 29.7 Å². The average molecular weight is 391 g/mol. The Morgan fingerprint density at radius 1 is 1.31 bits per heavy atom. The highest BCUT2D eigenvalue weighted by atomic mass is 35.5. The van der Waals surface area contributed by atoms with Crippen molar-refractivity contribution in [1.29, 1.82) is 0 Å². The lowest BCUT2D eigenvalue weighted by molar-refractivity contribution is -0.141. The van der Waals surface area contributed by atoms with Crippen molar-refractivity contribution in [2.45, 2.75) is 18.8 Å². The number of carboxylic acids is 1. The van der Waals surface area contributed by atoms with Crippen molar-refractivity contribution in [2.75, 3.05) is 10.6 Å². The number of hydrogen-bond acceptors (Lipinski definition) is 4. The second-order valence-corrected chi connectivity index (χ2v) is 5.45. The van der Waals surface area contributed by atoms with Crippen LogP contribution < -0.4 is 16.4 Å². The smallest absolute Gasteiger partial charge is 0.418 e. The molecule has 1 atom stereocenters. The third-order valence-corrected chi connectivity index (χ3v) is 3.78. The molecule has 7 nitrogen and oxygen atoms in total. The Balaban J connectivity index is 0.00000243. The average Bonchev–Trinajstić information content (AvgIpc) is 3.01. The number of aromatic nitrogens is 1. The predicted octanol–water partition coefficient (Wildman–Crippen LogP) is 2.19. The van der Waals surface area contributed by atoms with Gasteiger partial charge >= 0.3 is 12.1 Å². The molecule has 1 aromatic carbocycles. The first kappa shape index (κ1) is 19.6. The molecule has 0 aliphatic carbocycles. The van der Waals surface area contributed by atoms with Gasteiger partial charge in [0.2, 0.25) is 6.04 Å². The number of carboxylic acid groups (broad SMARTS) is 1. The Morgan fingerprint density at radius 3 is 2.54 bits per heavy atom. The number of fused-ring (bicyclic) bond motifs is 1. The van der Waals surface area contributed by atoms with Crippen LogP contribution in [0.15, 0.2) is 30.6 Å². The zero-order chi connectivity index (χ0) is 18.4. The number of carbonyl (C=O) groups excluding carboxylic acids is 1. The van der Waals surface area contributed by atoms with Crippen LogP contribution in [0.1, 0.15) is 11.1 Å². The number of hydrogen-bond donors (Lipinski definition) is 4. The molecular weight excluding hydrogens is 377 g/mol. The van der Waals surface area contributed by atoms with Crippen molar-refractivity contribution >= 4 is 35.7 Å². The summed E-state index contributed by atoms with van der Waals surface area (Å²) >= 11 is 0. The maximum atomic E-state index is 13.4. The minimum atomic E-state index is -4.67. The number of benzene rings is 1. The molecule has 3 rings (SSSR count).